The second-order valence-electron chi connectivity index (χ2n) is 5.49. The number of H-pyrrole nitrogens is 1. The number of nitrogens with zero attached hydrogens (tertiary/aromatic N) is 2. The van der Waals surface area contributed by atoms with Crippen LogP contribution >= 0.6 is 0 Å². The second-order valence-corrected chi connectivity index (χ2v) is 5.49. The topological polar surface area (TPSA) is 59.3 Å². The minimum atomic E-state index is -0.485. The van der Waals surface area contributed by atoms with Crippen LogP contribution in [0.1, 0.15) is 16.8 Å². The van der Waals surface area contributed by atoms with Gasteiger partial charge in [0.15, 0.2) is 17.3 Å². The summed E-state index contributed by atoms with van der Waals surface area (Å²) in [7, 11) is 0. The molecule has 1 aromatic heterocycles. The highest BCUT2D eigenvalue weighted by molar-refractivity contribution is 5.51. The maximum Gasteiger partial charge on any atom is 0.264 e. The molecule has 0 unspecified atom stereocenters. The van der Waals surface area contributed by atoms with E-state index < -0.39 is 5.82 Å². The number of hydrogen-bond donors (Lipinski definition) is 1. The Bertz CT molecular complexity index is 1000. The Hall–Kier alpha value is -3.46. The fourth-order valence-electron chi connectivity index (χ4n) is 2.36. The summed E-state index contributed by atoms with van der Waals surface area (Å²) >= 11 is 0. The molecule has 3 rings (SSSR count). The first-order chi connectivity index (χ1) is 12.1. The van der Waals surface area contributed by atoms with Crippen LogP contribution in [0.3, 0.4) is 0 Å². The second kappa shape index (κ2) is 6.97. The van der Waals surface area contributed by atoms with Crippen molar-refractivity contribution in [3.8, 4) is 11.5 Å². The molecule has 0 amide bonds. The number of ether oxygens (including phenoxy) is 1. The van der Waals surface area contributed by atoms with E-state index in [0.717, 1.165) is 0 Å². The van der Waals surface area contributed by atoms with Crippen molar-refractivity contribution < 1.29 is 9.13 Å². The molecular weight excluding hydrogens is 321 g/mol. The lowest BCUT2D eigenvalue weighted by molar-refractivity contribution is 0.435. The van der Waals surface area contributed by atoms with Crippen LogP contribution in [-0.2, 0) is 6.42 Å². The van der Waals surface area contributed by atoms with Crippen LogP contribution in [0.5, 0.6) is 11.5 Å². The Morgan fingerprint density at radius 1 is 1.24 bits per heavy atom. The number of aromatic nitrogens is 2. The van der Waals surface area contributed by atoms with E-state index in [1.807, 2.05) is 0 Å². The molecule has 3 aromatic rings. The van der Waals surface area contributed by atoms with Crippen molar-refractivity contribution in [2.45, 2.75) is 13.3 Å². The zero-order valence-electron chi connectivity index (χ0n) is 13.4. The Morgan fingerprint density at radius 3 is 2.80 bits per heavy atom. The molecule has 0 saturated carbocycles. The van der Waals surface area contributed by atoms with Gasteiger partial charge >= 0.3 is 0 Å². The van der Waals surface area contributed by atoms with E-state index in [4.69, 9.17) is 11.3 Å². The van der Waals surface area contributed by atoms with Gasteiger partial charge in [0, 0.05) is 12.5 Å². The molecule has 6 heteroatoms. The first-order valence-electron chi connectivity index (χ1n) is 7.55. The highest BCUT2D eigenvalue weighted by Gasteiger charge is 2.15. The van der Waals surface area contributed by atoms with E-state index in [1.165, 1.54) is 6.07 Å². The van der Waals surface area contributed by atoms with Crippen LogP contribution in [0.15, 0.2) is 53.3 Å². The number of halogens is 1. The van der Waals surface area contributed by atoms with Gasteiger partial charge in [-0.2, -0.15) is 5.10 Å². The van der Waals surface area contributed by atoms with Gasteiger partial charge in [0.05, 0.1) is 12.3 Å². The average molecular weight is 335 g/mol. The number of nitrogens with one attached hydrogen (secondary N) is 1. The molecule has 0 aliphatic heterocycles. The Balaban J connectivity index is 1.93. The van der Waals surface area contributed by atoms with Gasteiger partial charge in [-0.25, -0.2) is 14.3 Å². The fourth-order valence-corrected chi connectivity index (χ4v) is 2.36. The molecule has 1 heterocycles. The van der Waals surface area contributed by atoms with E-state index in [1.54, 1.807) is 49.4 Å². The van der Waals surface area contributed by atoms with Gasteiger partial charge in [0.25, 0.3) is 5.56 Å². The van der Waals surface area contributed by atoms with E-state index >= 15 is 0 Å². The molecule has 0 aliphatic carbocycles. The summed E-state index contributed by atoms with van der Waals surface area (Å²) in [4.78, 5) is 14.4. The third-order valence-corrected chi connectivity index (χ3v) is 3.65. The third-order valence-electron chi connectivity index (χ3n) is 3.65. The van der Waals surface area contributed by atoms with Crippen molar-refractivity contribution in [2.75, 3.05) is 0 Å². The minimum Gasteiger partial charge on any atom is -0.455 e. The van der Waals surface area contributed by atoms with Crippen LogP contribution in [-0.4, -0.2) is 10.2 Å². The summed E-state index contributed by atoms with van der Waals surface area (Å²) in [5.74, 6) is 0.0279. The molecular formula is C19H14FN3O2. The highest BCUT2D eigenvalue weighted by Crippen LogP contribution is 2.32. The molecule has 2 aromatic carbocycles. The predicted octanol–water partition coefficient (Wildman–Crippen LogP) is 4.15. The van der Waals surface area contributed by atoms with Gasteiger partial charge in [-0.15, -0.1) is 0 Å². The normalized spacial score (nSPS) is 10.3. The van der Waals surface area contributed by atoms with Crippen molar-refractivity contribution in [1.82, 2.24) is 10.2 Å². The van der Waals surface area contributed by atoms with Gasteiger partial charge < -0.3 is 4.74 Å². The van der Waals surface area contributed by atoms with E-state index in [-0.39, 0.29) is 17.7 Å². The Morgan fingerprint density at radius 2 is 2.08 bits per heavy atom. The highest BCUT2D eigenvalue weighted by atomic mass is 19.1. The molecule has 0 fully saturated rings. The minimum absolute atomic E-state index is 0.115. The summed E-state index contributed by atoms with van der Waals surface area (Å²) in [5.41, 5.74) is 1.70. The van der Waals surface area contributed by atoms with Crippen molar-refractivity contribution in [2.24, 2.45) is 0 Å². The molecule has 0 bridgehead atoms. The van der Waals surface area contributed by atoms with Crippen LogP contribution < -0.4 is 10.3 Å². The lowest BCUT2D eigenvalue weighted by atomic mass is 10.1. The summed E-state index contributed by atoms with van der Waals surface area (Å²) in [6.45, 7) is 8.79. The van der Waals surface area contributed by atoms with Crippen molar-refractivity contribution in [3.05, 3.63) is 92.9 Å². The molecule has 25 heavy (non-hydrogen) atoms. The van der Waals surface area contributed by atoms with Crippen LogP contribution in [0, 0.1) is 19.3 Å². The monoisotopic (exact) mass is 335 g/mol. The molecule has 0 atom stereocenters. The maximum absolute atomic E-state index is 14.9. The van der Waals surface area contributed by atoms with Gasteiger partial charge in [-0.3, -0.25) is 4.79 Å². The van der Waals surface area contributed by atoms with E-state index in [2.05, 4.69) is 15.0 Å². The summed E-state index contributed by atoms with van der Waals surface area (Å²) < 4.78 is 20.6. The number of hydrogen-bond acceptors (Lipinski definition) is 3. The summed E-state index contributed by atoms with van der Waals surface area (Å²) in [5, 5.41) is 6.23. The summed E-state index contributed by atoms with van der Waals surface area (Å²) in [6, 6.07) is 12.9. The standard InChI is InChI=1S/C19H14FN3O2/c1-12-6-7-13(10-15-8-9-17(24)23-22-15)18(20)19(12)25-16-5-3-4-14(11-16)21-2/h3-9,11H,10H2,1H3,(H,23,24). The van der Waals surface area contributed by atoms with Crippen LogP contribution in [0.25, 0.3) is 4.85 Å². The van der Waals surface area contributed by atoms with Gasteiger partial charge in [-0.05, 0) is 36.2 Å². The van der Waals surface area contributed by atoms with Crippen molar-refractivity contribution in [1.29, 1.82) is 0 Å². The molecule has 5 nitrogen and oxygen atoms in total. The number of aromatic amines is 1. The quantitative estimate of drug-likeness (QED) is 0.729. The van der Waals surface area contributed by atoms with E-state index in [0.29, 0.717) is 28.3 Å². The Labute approximate surface area is 143 Å². The first kappa shape index (κ1) is 16.4. The predicted molar refractivity (Wildman–Crippen MR) is 91.6 cm³/mol. The number of aryl methyl sites for hydroxylation is 1. The lowest BCUT2D eigenvalue weighted by Gasteiger charge is -2.13. The maximum atomic E-state index is 14.9. The van der Waals surface area contributed by atoms with E-state index in [9.17, 15) is 9.18 Å². The molecule has 0 spiro atoms. The van der Waals surface area contributed by atoms with Gasteiger partial charge in [0.2, 0.25) is 0 Å². The van der Waals surface area contributed by atoms with Crippen molar-refractivity contribution >= 4 is 5.69 Å². The van der Waals surface area contributed by atoms with Crippen LogP contribution in [0.4, 0.5) is 10.1 Å². The zero-order chi connectivity index (χ0) is 17.8. The molecule has 0 aliphatic rings. The summed E-state index contributed by atoms with van der Waals surface area (Å²) in [6.07, 6.45) is 0.224. The SMILES string of the molecule is [C-]#[N+]c1cccc(Oc2c(C)ccc(Cc3ccc(=O)[nH]n3)c2F)c1. The zero-order valence-corrected chi connectivity index (χ0v) is 13.4. The molecule has 124 valence electrons. The third kappa shape index (κ3) is 3.72. The molecule has 0 saturated heterocycles. The largest absolute Gasteiger partial charge is 0.455 e. The smallest absolute Gasteiger partial charge is 0.264 e. The number of benzene rings is 2. The van der Waals surface area contributed by atoms with Gasteiger partial charge in [0.1, 0.15) is 5.75 Å². The fraction of sp³-hybridized carbons (Fsp3) is 0.105. The number of rotatable bonds is 4. The Kier molecular flexibility index (Phi) is 4.57. The van der Waals surface area contributed by atoms with Gasteiger partial charge in [-0.1, -0.05) is 24.3 Å². The molecule has 0 radical (unpaired) electrons. The van der Waals surface area contributed by atoms with Crippen LogP contribution in [0.2, 0.25) is 0 Å². The first-order valence-corrected chi connectivity index (χ1v) is 7.55. The average Bonchev–Trinajstić information content (AvgIpc) is 2.63. The lowest BCUT2D eigenvalue weighted by Crippen LogP contribution is -2.08. The van der Waals surface area contributed by atoms with Crippen molar-refractivity contribution in [3.63, 3.8) is 0 Å². The molecule has 1 N–H and O–H groups in total.